The number of furan rings is 1. The highest BCUT2D eigenvalue weighted by Gasteiger charge is 2.23. The molecule has 110 valence electrons. The third-order valence-corrected chi connectivity index (χ3v) is 4.09. The number of carbonyl (C=O) groups excluding carboxylic acids is 2. The summed E-state index contributed by atoms with van der Waals surface area (Å²) in [6.07, 6.45) is 4.56. The highest BCUT2D eigenvalue weighted by atomic mass is 79.9. The molecule has 0 aliphatic heterocycles. The van der Waals surface area contributed by atoms with Crippen molar-refractivity contribution in [1.29, 1.82) is 0 Å². The second kappa shape index (κ2) is 6.92. The molecule has 1 saturated carbocycles. The summed E-state index contributed by atoms with van der Waals surface area (Å²) in [6, 6.07) is 3.42. The van der Waals surface area contributed by atoms with Crippen LogP contribution in [0.2, 0.25) is 0 Å². The summed E-state index contributed by atoms with van der Waals surface area (Å²) in [5.74, 6) is 0.158. The van der Waals surface area contributed by atoms with Gasteiger partial charge in [0.15, 0.2) is 10.4 Å². The first-order chi connectivity index (χ1) is 9.56. The van der Waals surface area contributed by atoms with Crippen molar-refractivity contribution in [3.8, 4) is 0 Å². The minimum atomic E-state index is -0.387. The van der Waals surface area contributed by atoms with Crippen molar-refractivity contribution in [3.05, 3.63) is 22.6 Å². The number of amides is 2. The van der Waals surface area contributed by atoms with Crippen LogP contribution in [0, 0.1) is 5.92 Å². The molecule has 0 radical (unpaired) electrons. The molecule has 5 nitrogen and oxygen atoms in total. The van der Waals surface area contributed by atoms with Crippen molar-refractivity contribution in [2.75, 3.05) is 6.54 Å². The van der Waals surface area contributed by atoms with Crippen molar-refractivity contribution >= 4 is 27.7 Å². The Hall–Kier alpha value is -1.30. The highest BCUT2D eigenvalue weighted by molar-refractivity contribution is 9.10. The van der Waals surface area contributed by atoms with Gasteiger partial charge in [-0.1, -0.05) is 19.8 Å². The van der Waals surface area contributed by atoms with Crippen LogP contribution in [0.15, 0.2) is 21.2 Å². The molecule has 0 saturated heterocycles. The first-order valence-electron chi connectivity index (χ1n) is 6.89. The number of hydrogen-bond donors (Lipinski definition) is 2. The minimum absolute atomic E-state index is 0.0274. The van der Waals surface area contributed by atoms with Crippen LogP contribution in [0.25, 0.3) is 0 Å². The van der Waals surface area contributed by atoms with Gasteiger partial charge in [0.25, 0.3) is 5.91 Å². The molecular weight excluding hydrogens is 324 g/mol. The molecule has 0 spiro atoms. The lowest BCUT2D eigenvalue weighted by molar-refractivity contribution is -0.121. The molecule has 2 rings (SSSR count). The number of halogens is 1. The average Bonchev–Trinajstić information content (AvgIpc) is 2.85. The van der Waals surface area contributed by atoms with Gasteiger partial charge in [-0.3, -0.25) is 9.59 Å². The third kappa shape index (κ3) is 4.10. The van der Waals surface area contributed by atoms with Gasteiger partial charge in [-0.2, -0.15) is 0 Å². The molecule has 1 fully saturated rings. The van der Waals surface area contributed by atoms with E-state index in [0.717, 1.165) is 19.3 Å². The summed E-state index contributed by atoms with van der Waals surface area (Å²) in [4.78, 5) is 23.5. The van der Waals surface area contributed by atoms with E-state index in [1.165, 1.54) is 6.42 Å². The van der Waals surface area contributed by atoms with Crippen molar-refractivity contribution in [2.45, 2.75) is 38.6 Å². The van der Waals surface area contributed by atoms with E-state index in [-0.39, 0.29) is 30.2 Å². The lowest BCUT2D eigenvalue weighted by Crippen LogP contribution is -2.45. The van der Waals surface area contributed by atoms with Crippen LogP contribution in [0.1, 0.15) is 43.2 Å². The Balaban J connectivity index is 1.76. The normalized spacial score (nSPS) is 22.3. The number of rotatable bonds is 4. The van der Waals surface area contributed by atoms with Crippen molar-refractivity contribution in [1.82, 2.24) is 10.6 Å². The molecule has 0 unspecified atom stereocenters. The monoisotopic (exact) mass is 342 g/mol. The van der Waals surface area contributed by atoms with Gasteiger partial charge in [-0.15, -0.1) is 0 Å². The smallest absolute Gasteiger partial charge is 0.287 e. The largest absolute Gasteiger partial charge is 0.444 e. The summed E-state index contributed by atoms with van der Waals surface area (Å²) in [7, 11) is 0. The van der Waals surface area contributed by atoms with Gasteiger partial charge < -0.3 is 15.1 Å². The summed E-state index contributed by atoms with van der Waals surface area (Å²) >= 11 is 3.13. The molecule has 2 atom stereocenters. The molecule has 0 bridgehead atoms. The van der Waals surface area contributed by atoms with E-state index in [4.69, 9.17) is 4.42 Å². The van der Waals surface area contributed by atoms with Crippen LogP contribution in [0.4, 0.5) is 0 Å². The minimum Gasteiger partial charge on any atom is -0.444 e. The second-order valence-electron chi connectivity index (χ2n) is 5.22. The average molecular weight is 343 g/mol. The first kappa shape index (κ1) is 15.1. The van der Waals surface area contributed by atoms with E-state index in [9.17, 15) is 9.59 Å². The second-order valence-corrected chi connectivity index (χ2v) is 6.00. The molecular formula is C14H19BrN2O3. The SMILES string of the molecule is C[C@@H]1CCCC[C@H]1NC(=O)CNC(=O)c1ccc(Br)o1. The van der Waals surface area contributed by atoms with E-state index in [1.54, 1.807) is 12.1 Å². The fourth-order valence-corrected chi connectivity index (χ4v) is 2.78. The zero-order chi connectivity index (χ0) is 14.5. The van der Waals surface area contributed by atoms with E-state index >= 15 is 0 Å². The molecule has 1 aliphatic rings. The van der Waals surface area contributed by atoms with Gasteiger partial charge in [0, 0.05) is 6.04 Å². The van der Waals surface area contributed by atoms with E-state index < -0.39 is 0 Å². The molecule has 1 aromatic heterocycles. The Morgan fingerprint density at radius 1 is 1.35 bits per heavy atom. The van der Waals surface area contributed by atoms with E-state index in [2.05, 4.69) is 33.5 Å². The fraction of sp³-hybridized carbons (Fsp3) is 0.571. The Kier molecular flexibility index (Phi) is 5.23. The van der Waals surface area contributed by atoms with Crippen molar-refractivity contribution in [2.24, 2.45) is 5.92 Å². The molecule has 2 amide bonds. The summed E-state index contributed by atoms with van der Waals surface area (Å²) < 4.78 is 5.61. The molecule has 1 aromatic rings. The van der Waals surface area contributed by atoms with Crippen LogP contribution in [0.3, 0.4) is 0 Å². The molecule has 20 heavy (non-hydrogen) atoms. The van der Waals surface area contributed by atoms with E-state index in [0.29, 0.717) is 10.6 Å². The molecule has 6 heteroatoms. The summed E-state index contributed by atoms with van der Waals surface area (Å²) in [6.45, 7) is 2.13. The summed E-state index contributed by atoms with van der Waals surface area (Å²) in [5.41, 5.74) is 0. The summed E-state index contributed by atoms with van der Waals surface area (Å²) in [5, 5.41) is 5.54. The molecule has 1 heterocycles. The van der Waals surface area contributed by atoms with Gasteiger partial charge in [-0.25, -0.2) is 0 Å². The number of nitrogens with one attached hydrogen (secondary N) is 2. The maximum absolute atomic E-state index is 11.8. The number of hydrogen-bond acceptors (Lipinski definition) is 3. The topological polar surface area (TPSA) is 71.3 Å². The van der Waals surface area contributed by atoms with Crippen molar-refractivity contribution < 1.29 is 14.0 Å². The van der Waals surface area contributed by atoms with Gasteiger partial charge in [0.2, 0.25) is 5.91 Å². The maximum Gasteiger partial charge on any atom is 0.287 e. The van der Waals surface area contributed by atoms with Crippen LogP contribution in [-0.4, -0.2) is 24.4 Å². The van der Waals surface area contributed by atoms with Gasteiger partial charge >= 0.3 is 0 Å². The standard InChI is InChI=1S/C14H19BrN2O3/c1-9-4-2-3-5-10(9)17-13(18)8-16-14(19)11-6-7-12(15)20-11/h6-7,9-10H,2-5,8H2,1H3,(H,16,19)(H,17,18)/t9-,10-/m1/s1. The quantitative estimate of drug-likeness (QED) is 0.882. The number of carbonyl (C=O) groups is 2. The maximum atomic E-state index is 11.8. The Labute approximate surface area is 126 Å². The zero-order valence-corrected chi connectivity index (χ0v) is 13.0. The Morgan fingerprint density at radius 3 is 2.75 bits per heavy atom. The molecule has 1 aliphatic carbocycles. The van der Waals surface area contributed by atoms with Crippen LogP contribution >= 0.6 is 15.9 Å². The Bertz CT molecular complexity index is 487. The van der Waals surface area contributed by atoms with E-state index in [1.807, 2.05) is 0 Å². The first-order valence-corrected chi connectivity index (χ1v) is 7.68. The lowest BCUT2D eigenvalue weighted by Gasteiger charge is -2.29. The predicted octanol–water partition coefficient (Wildman–Crippen LogP) is 2.47. The zero-order valence-electron chi connectivity index (χ0n) is 11.4. The molecule has 0 aromatic carbocycles. The Morgan fingerprint density at radius 2 is 2.10 bits per heavy atom. The van der Waals surface area contributed by atoms with Gasteiger partial charge in [0.1, 0.15) is 0 Å². The van der Waals surface area contributed by atoms with Crippen LogP contribution in [-0.2, 0) is 4.79 Å². The highest BCUT2D eigenvalue weighted by Crippen LogP contribution is 2.23. The van der Waals surface area contributed by atoms with Crippen molar-refractivity contribution in [3.63, 3.8) is 0 Å². The van der Waals surface area contributed by atoms with Crippen LogP contribution in [0.5, 0.6) is 0 Å². The van der Waals surface area contributed by atoms with Gasteiger partial charge in [0.05, 0.1) is 6.54 Å². The fourth-order valence-electron chi connectivity index (χ4n) is 2.47. The van der Waals surface area contributed by atoms with Crippen LogP contribution < -0.4 is 10.6 Å². The lowest BCUT2D eigenvalue weighted by atomic mass is 9.86. The van der Waals surface area contributed by atoms with Gasteiger partial charge in [-0.05, 0) is 46.8 Å². The predicted molar refractivity (Wildman–Crippen MR) is 78.3 cm³/mol. The third-order valence-electron chi connectivity index (χ3n) is 3.66. The molecule has 2 N–H and O–H groups in total.